The van der Waals surface area contributed by atoms with Crippen LogP contribution in [0, 0.1) is 0 Å². The maximum Gasteiger partial charge on any atom is 0.270 e. The fourth-order valence-electron chi connectivity index (χ4n) is 2.93. The second kappa shape index (κ2) is 7.26. The van der Waals surface area contributed by atoms with Crippen LogP contribution in [0.2, 0.25) is 0 Å². The molecule has 0 spiro atoms. The van der Waals surface area contributed by atoms with E-state index >= 15 is 0 Å². The third-order valence-corrected chi connectivity index (χ3v) is 4.55. The number of carbonyl (C=O) groups is 1. The van der Waals surface area contributed by atoms with Crippen molar-refractivity contribution in [3.8, 4) is 0 Å². The minimum atomic E-state index is -0.0838. The molecule has 3 rings (SSSR count). The van der Waals surface area contributed by atoms with Crippen molar-refractivity contribution in [3.63, 3.8) is 0 Å². The predicted octanol–water partition coefficient (Wildman–Crippen LogP) is 4.96. The van der Waals surface area contributed by atoms with Gasteiger partial charge in [0.05, 0.1) is 11.9 Å². The van der Waals surface area contributed by atoms with E-state index in [0.717, 1.165) is 24.2 Å². The predicted molar refractivity (Wildman–Crippen MR) is 103 cm³/mol. The van der Waals surface area contributed by atoms with E-state index < -0.39 is 0 Å². The van der Waals surface area contributed by atoms with Crippen LogP contribution in [0.25, 0.3) is 0 Å². The Balaban J connectivity index is 1.83. The second-order valence-electron chi connectivity index (χ2n) is 7.43. The Morgan fingerprint density at radius 3 is 2.16 bits per heavy atom. The topological polar surface area (TPSA) is 54.0 Å². The van der Waals surface area contributed by atoms with Gasteiger partial charge in [-0.3, -0.25) is 4.79 Å². The molecule has 4 heteroatoms. The molecule has 132 valence electrons. The first-order chi connectivity index (χ1) is 12.0. The van der Waals surface area contributed by atoms with Gasteiger partial charge in [-0.05, 0) is 47.9 Å². The lowest BCUT2D eigenvalue weighted by atomic mass is 9.92. The molecule has 0 bridgehead atoms. The molecular weight excluding hydrogens is 310 g/mol. The van der Waals surface area contributed by atoms with Crippen molar-refractivity contribution < 1.29 is 4.79 Å². The smallest absolute Gasteiger partial charge is 0.270 e. The molecule has 1 aliphatic carbocycles. The molecule has 25 heavy (non-hydrogen) atoms. The molecule has 0 aliphatic heterocycles. The summed E-state index contributed by atoms with van der Waals surface area (Å²) in [5, 5.41) is 6.49. The summed E-state index contributed by atoms with van der Waals surface area (Å²) in [5.41, 5.74) is 5.12. The molecule has 1 saturated carbocycles. The van der Waals surface area contributed by atoms with Crippen molar-refractivity contribution in [1.82, 2.24) is 10.3 Å². The molecule has 0 atom stereocenters. The quantitative estimate of drug-likeness (QED) is 0.783. The highest BCUT2D eigenvalue weighted by Gasteiger charge is 2.24. The molecule has 2 aromatic rings. The first kappa shape index (κ1) is 17.5. The van der Waals surface area contributed by atoms with Gasteiger partial charge in [0, 0.05) is 11.7 Å². The Labute approximate surface area is 150 Å². The van der Waals surface area contributed by atoms with Gasteiger partial charge in [0.1, 0.15) is 5.69 Å². The van der Waals surface area contributed by atoms with Crippen LogP contribution in [0.5, 0.6) is 0 Å². The third kappa shape index (κ3) is 4.19. The minimum Gasteiger partial charge on any atom is -0.354 e. The number of para-hydroxylation sites is 1. The van der Waals surface area contributed by atoms with Crippen molar-refractivity contribution in [1.29, 1.82) is 0 Å². The molecule has 4 nitrogen and oxygen atoms in total. The number of hydrogen-bond donors (Lipinski definition) is 2. The second-order valence-corrected chi connectivity index (χ2v) is 7.43. The van der Waals surface area contributed by atoms with E-state index in [-0.39, 0.29) is 5.91 Å². The summed E-state index contributed by atoms with van der Waals surface area (Å²) < 4.78 is 0. The Morgan fingerprint density at radius 1 is 1.04 bits per heavy atom. The zero-order chi connectivity index (χ0) is 18.0. The molecule has 1 aromatic heterocycles. The molecule has 0 unspecified atom stereocenters. The summed E-state index contributed by atoms with van der Waals surface area (Å²) in [7, 11) is 0. The van der Waals surface area contributed by atoms with Gasteiger partial charge in [0.15, 0.2) is 0 Å². The van der Waals surface area contributed by atoms with E-state index in [1.54, 1.807) is 12.3 Å². The molecule has 0 saturated heterocycles. The van der Waals surface area contributed by atoms with Crippen LogP contribution in [0.4, 0.5) is 11.4 Å². The van der Waals surface area contributed by atoms with E-state index in [4.69, 9.17) is 0 Å². The van der Waals surface area contributed by atoms with Gasteiger partial charge in [0.2, 0.25) is 0 Å². The Bertz CT molecular complexity index is 720. The van der Waals surface area contributed by atoms with Gasteiger partial charge in [0.25, 0.3) is 5.91 Å². The summed E-state index contributed by atoms with van der Waals surface area (Å²) in [5.74, 6) is 0.773. The highest BCUT2D eigenvalue weighted by atomic mass is 16.2. The normalized spacial score (nSPS) is 14.0. The van der Waals surface area contributed by atoms with E-state index in [0.29, 0.717) is 23.6 Å². The molecule has 1 heterocycles. The zero-order valence-electron chi connectivity index (χ0n) is 15.5. The van der Waals surface area contributed by atoms with E-state index in [1.165, 1.54) is 11.1 Å². The van der Waals surface area contributed by atoms with Crippen molar-refractivity contribution in [2.75, 3.05) is 5.32 Å². The van der Waals surface area contributed by atoms with Crippen LogP contribution < -0.4 is 10.6 Å². The zero-order valence-corrected chi connectivity index (χ0v) is 15.5. The van der Waals surface area contributed by atoms with Gasteiger partial charge in [-0.1, -0.05) is 45.9 Å². The lowest BCUT2D eigenvalue weighted by Crippen LogP contribution is -2.26. The largest absolute Gasteiger partial charge is 0.354 e. The van der Waals surface area contributed by atoms with Crippen LogP contribution in [0.1, 0.15) is 74.0 Å². The van der Waals surface area contributed by atoms with Crippen molar-refractivity contribution in [2.45, 2.75) is 58.4 Å². The van der Waals surface area contributed by atoms with Gasteiger partial charge in [-0.15, -0.1) is 0 Å². The summed E-state index contributed by atoms with van der Waals surface area (Å²) in [6.07, 6.45) is 3.90. The summed E-state index contributed by atoms with van der Waals surface area (Å²) in [6.45, 7) is 8.81. The number of nitrogens with one attached hydrogen (secondary N) is 2. The van der Waals surface area contributed by atoms with Crippen LogP contribution in [-0.4, -0.2) is 16.9 Å². The molecule has 1 aromatic carbocycles. The van der Waals surface area contributed by atoms with Gasteiger partial charge in [-0.2, -0.15) is 0 Å². The minimum absolute atomic E-state index is 0.0838. The molecule has 0 radical (unpaired) electrons. The standard InChI is InChI=1S/C21H27N3O/c1-13(2)17-6-5-7-18(14(3)4)20(17)23-16-10-11-19(22-12-16)21(25)24-15-8-9-15/h5-7,10-15,23H,8-9H2,1-4H3,(H,24,25). The van der Waals surface area contributed by atoms with Crippen LogP contribution in [0.15, 0.2) is 36.5 Å². The fraction of sp³-hybridized carbons (Fsp3) is 0.429. The van der Waals surface area contributed by atoms with Gasteiger partial charge < -0.3 is 10.6 Å². The summed E-state index contributed by atoms with van der Waals surface area (Å²) in [6, 6.07) is 10.5. The van der Waals surface area contributed by atoms with Crippen molar-refractivity contribution in [3.05, 3.63) is 53.3 Å². The van der Waals surface area contributed by atoms with Gasteiger partial charge >= 0.3 is 0 Å². The van der Waals surface area contributed by atoms with Crippen molar-refractivity contribution >= 4 is 17.3 Å². The monoisotopic (exact) mass is 337 g/mol. The molecule has 2 N–H and O–H groups in total. The molecule has 1 amide bonds. The highest BCUT2D eigenvalue weighted by molar-refractivity contribution is 5.92. The van der Waals surface area contributed by atoms with E-state index in [1.807, 2.05) is 6.07 Å². The van der Waals surface area contributed by atoms with E-state index in [2.05, 4.69) is 61.5 Å². The first-order valence-corrected chi connectivity index (χ1v) is 9.12. The van der Waals surface area contributed by atoms with Crippen LogP contribution in [0.3, 0.4) is 0 Å². The molecule has 1 fully saturated rings. The Morgan fingerprint density at radius 2 is 1.68 bits per heavy atom. The lowest BCUT2D eigenvalue weighted by Gasteiger charge is -2.21. The fourth-order valence-corrected chi connectivity index (χ4v) is 2.93. The lowest BCUT2D eigenvalue weighted by molar-refractivity contribution is 0.0946. The highest BCUT2D eigenvalue weighted by Crippen LogP contribution is 2.34. The Hall–Kier alpha value is -2.36. The Kier molecular flexibility index (Phi) is 5.07. The number of rotatable bonds is 6. The maximum atomic E-state index is 12.1. The number of aromatic nitrogens is 1. The average Bonchev–Trinajstić information content (AvgIpc) is 3.39. The van der Waals surface area contributed by atoms with Crippen molar-refractivity contribution in [2.24, 2.45) is 0 Å². The number of amides is 1. The molecular formula is C21H27N3O. The maximum absolute atomic E-state index is 12.1. The van der Waals surface area contributed by atoms with Crippen LogP contribution in [-0.2, 0) is 0 Å². The number of benzene rings is 1. The summed E-state index contributed by atoms with van der Waals surface area (Å²) in [4.78, 5) is 16.4. The average molecular weight is 337 g/mol. The first-order valence-electron chi connectivity index (χ1n) is 9.12. The number of pyridine rings is 1. The number of hydrogen-bond acceptors (Lipinski definition) is 3. The molecule has 1 aliphatic rings. The number of carbonyl (C=O) groups excluding carboxylic acids is 1. The van der Waals surface area contributed by atoms with Gasteiger partial charge in [-0.25, -0.2) is 4.98 Å². The third-order valence-electron chi connectivity index (χ3n) is 4.55. The SMILES string of the molecule is CC(C)c1cccc(C(C)C)c1Nc1ccc(C(=O)NC2CC2)nc1. The number of nitrogens with zero attached hydrogens (tertiary/aromatic N) is 1. The number of anilines is 2. The van der Waals surface area contributed by atoms with Crippen LogP contribution >= 0.6 is 0 Å². The summed E-state index contributed by atoms with van der Waals surface area (Å²) >= 11 is 0. The van der Waals surface area contributed by atoms with E-state index in [9.17, 15) is 4.79 Å².